The topological polar surface area (TPSA) is 12.0 Å². The van der Waals surface area contributed by atoms with Crippen LogP contribution in [-0.4, -0.2) is 12.6 Å². The van der Waals surface area contributed by atoms with Crippen LogP contribution >= 0.6 is 0 Å². The number of nitrogens with one attached hydrogen (secondary N) is 1. The van der Waals surface area contributed by atoms with Crippen molar-refractivity contribution < 1.29 is 0 Å². The summed E-state index contributed by atoms with van der Waals surface area (Å²) in [5.41, 5.74) is 0. The first-order valence-electron chi connectivity index (χ1n) is 5.60. The van der Waals surface area contributed by atoms with Crippen molar-refractivity contribution in [3.05, 3.63) is 12.7 Å². The Hall–Kier alpha value is -0.300. The molecule has 1 nitrogen and oxygen atoms in total. The summed E-state index contributed by atoms with van der Waals surface area (Å²) in [5, 5.41) is 3.51. The molecule has 0 saturated heterocycles. The van der Waals surface area contributed by atoms with Crippen molar-refractivity contribution in [2.24, 2.45) is 11.8 Å². The smallest absolute Gasteiger partial charge is 0.0219 e. The zero-order chi connectivity index (χ0) is 9.68. The summed E-state index contributed by atoms with van der Waals surface area (Å²) in [6.45, 7) is 9.52. The van der Waals surface area contributed by atoms with E-state index in [4.69, 9.17) is 0 Å². The Morgan fingerprint density at radius 1 is 1.46 bits per heavy atom. The van der Waals surface area contributed by atoms with Crippen molar-refractivity contribution in [3.63, 3.8) is 0 Å². The van der Waals surface area contributed by atoms with Crippen molar-refractivity contribution >= 4 is 0 Å². The molecule has 0 aromatic heterocycles. The summed E-state index contributed by atoms with van der Waals surface area (Å²) in [6, 6.07) is 0.467. The van der Waals surface area contributed by atoms with Crippen LogP contribution in [0.15, 0.2) is 12.7 Å². The molecule has 1 saturated carbocycles. The normalized spacial score (nSPS) is 31.2. The first kappa shape index (κ1) is 10.8. The van der Waals surface area contributed by atoms with Crippen LogP contribution in [0.1, 0.15) is 39.5 Å². The van der Waals surface area contributed by atoms with E-state index < -0.39 is 0 Å². The third-order valence-electron chi connectivity index (χ3n) is 3.34. The van der Waals surface area contributed by atoms with Crippen molar-refractivity contribution in [2.45, 2.75) is 45.6 Å². The second-order valence-corrected chi connectivity index (χ2v) is 4.45. The molecule has 0 radical (unpaired) electrons. The highest BCUT2D eigenvalue weighted by Crippen LogP contribution is 2.28. The Labute approximate surface area is 82.6 Å². The van der Waals surface area contributed by atoms with E-state index in [0.717, 1.165) is 11.8 Å². The fourth-order valence-corrected chi connectivity index (χ4v) is 2.12. The van der Waals surface area contributed by atoms with E-state index in [2.05, 4.69) is 25.7 Å². The molecule has 0 heterocycles. The van der Waals surface area contributed by atoms with Gasteiger partial charge >= 0.3 is 0 Å². The molecule has 1 aliphatic rings. The van der Waals surface area contributed by atoms with Gasteiger partial charge in [-0.25, -0.2) is 0 Å². The second kappa shape index (κ2) is 5.43. The summed E-state index contributed by atoms with van der Waals surface area (Å²) in [6.07, 6.45) is 7.69. The predicted octanol–water partition coefficient (Wildman–Crippen LogP) is 2.98. The molecule has 76 valence electrons. The molecule has 1 fully saturated rings. The van der Waals surface area contributed by atoms with E-state index in [-0.39, 0.29) is 0 Å². The Morgan fingerprint density at radius 2 is 2.15 bits per heavy atom. The van der Waals surface area contributed by atoms with Gasteiger partial charge < -0.3 is 5.32 Å². The van der Waals surface area contributed by atoms with Crippen molar-refractivity contribution in [3.8, 4) is 0 Å². The number of hydrogen-bond donors (Lipinski definition) is 1. The lowest BCUT2D eigenvalue weighted by atomic mass is 9.80. The first-order chi connectivity index (χ1) is 6.24. The van der Waals surface area contributed by atoms with Gasteiger partial charge in [-0.15, -0.1) is 6.58 Å². The highest BCUT2D eigenvalue weighted by Gasteiger charge is 2.20. The Balaban J connectivity index is 2.22. The van der Waals surface area contributed by atoms with Gasteiger partial charge in [0.1, 0.15) is 0 Å². The first-order valence-corrected chi connectivity index (χ1v) is 5.60. The molecule has 1 rings (SSSR count). The molecular formula is C12H23N. The maximum atomic E-state index is 3.78. The van der Waals surface area contributed by atoms with E-state index in [1.807, 2.05) is 6.08 Å². The van der Waals surface area contributed by atoms with Gasteiger partial charge in [0.25, 0.3) is 0 Å². The summed E-state index contributed by atoms with van der Waals surface area (Å²) in [4.78, 5) is 0. The van der Waals surface area contributed by atoms with Crippen LogP contribution in [0, 0.1) is 11.8 Å². The van der Waals surface area contributed by atoms with E-state index in [1.165, 1.54) is 32.2 Å². The standard InChI is InChI=1S/C12H23N/c1-4-11(3)13-9-12-8-6-5-7-10(12)2/h4,10-13H,1,5-9H2,2-3H3. The Morgan fingerprint density at radius 3 is 2.77 bits per heavy atom. The highest BCUT2D eigenvalue weighted by molar-refractivity contribution is 4.83. The summed E-state index contributed by atoms with van der Waals surface area (Å²) >= 11 is 0. The van der Waals surface area contributed by atoms with E-state index in [0.29, 0.717) is 6.04 Å². The molecule has 0 amide bonds. The lowest BCUT2D eigenvalue weighted by Gasteiger charge is -2.29. The van der Waals surface area contributed by atoms with Crippen molar-refractivity contribution in [2.75, 3.05) is 6.54 Å². The van der Waals surface area contributed by atoms with E-state index >= 15 is 0 Å². The molecular weight excluding hydrogens is 158 g/mol. The monoisotopic (exact) mass is 181 g/mol. The molecule has 0 aromatic carbocycles. The Bertz CT molecular complexity index is 153. The summed E-state index contributed by atoms with van der Waals surface area (Å²) in [7, 11) is 0. The molecule has 13 heavy (non-hydrogen) atoms. The maximum Gasteiger partial charge on any atom is 0.0219 e. The fourth-order valence-electron chi connectivity index (χ4n) is 2.12. The molecule has 1 N–H and O–H groups in total. The molecule has 1 heteroatoms. The van der Waals surface area contributed by atoms with Gasteiger partial charge in [-0.1, -0.05) is 32.3 Å². The number of rotatable bonds is 4. The maximum absolute atomic E-state index is 3.78. The minimum Gasteiger partial charge on any atom is -0.311 e. The van der Waals surface area contributed by atoms with Gasteiger partial charge in [-0.2, -0.15) is 0 Å². The van der Waals surface area contributed by atoms with E-state index in [1.54, 1.807) is 0 Å². The average Bonchev–Trinajstić information content (AvgIpc) is 2.16. The zero-order valence-corrected chi connectivity index (χ0v) is 9.05. The molecule has 1 aliphatic carbocycles. The lowest BCUT2D eigenvalue weighted by molar-refractivity contribution is 0.245. The third-order valence-corrected chi connectivity index (χ3v) is 3.34. The molecule has 0 spiro atoms. The molecule has 3 unspecified atom stereocenters. The largest absolute Gasteiger partial charge is 0.311 e. The minimum atomic E-state index is 0.467. The van der Waals surface area contributed by atoms with Crippen LogP contribution in [0.3, 0.4) is 0 Å². The quantitative estimate of drug-likeness (QED) is 0.657. The average molecular weight is 181 g/mol. The van der Waals surface area contributed by atoms with Gasteiger partial charge in [0, 0.05) is 6.04 Å². The Kier molecular flexibility index (Phi) is 4.51. The summed E-state index contributed by atoms with van der Waals surface area (Å²) < 4.78 is 0. The fraction of sp³-hybridized carbons (Fsp3) is 0.833. The van der Waals surface area contributed by atoms with Crippen LogP contribution in [0.5, 0.6) is 0 Å². The number of hydrogen-bond acceptors (Lipinski definition) is 1. The van der Waals surface area contributed by atoms with E-state index in [9.17, 15) is 0 Å². The van der Waals surface area contributed by atoms with Gasteiger partial charge in [0.05, 0.1) is 0 Å². The predicted molar refractivity (Wildman–Crippen MR) is 58.8 cm³/mol. The van der Waals surface area contributed by atoms with Gasteiger partial charge in [-0.05, 0) is 31.7 Å². The van der Waals surface area contributed by atoms with Crippen molar-refractivity contribution in [1.82, 2.24) is 5.32 Å². The van der Waals surface area contributed by atoms with Crippen molar-refractivity contribution in [1.29, 1.82) is 0 Å². The third kappa shape index (κ3) is 3.51. The summed E-state index contributed by atoms with van der Waals surface area (Å²) in [5.74, 6) is 1.81. The van der Waals surface area contributed by atoms with Crippen LogP contribution < -0.4 is 5.32 Å². The minimum absolute atomic E-state index is 0.467. The van der Waals surface area contributed by atoms with Crippen LogP contribution in [-0.2, 0) is 0 Å². The molecule has 0 aliphatic heterocycles. The SMILES string of the molecule is C=CC(C)NCC1CCCCC1C. The van der Waals surface area contributed by atoms with Gasteiger partial charge in [-0.3, -0.25) is 0 Å². The molecule has 0 bridgehead atoms. The van der Waals surface area contributed by atoms with Gasteiger partial charge in [0.2, 0.25) is 0 Å². The van der Waals surface area contributed by atoms with Crippen LogP contribution in [0.25, 0.3) is 0 Å². The molecule has 3 atom stereocenters. The van der Waals surface area contributed by atoms with Crippen LogP contribution in [0.4, 0.5) is 0 Å². The van der Waals surface area contributed by atoms with Crippen LogP contribution in [0.2, 0.25) is 0 Å². The second-order valence-electron chi connectivity index (χ2n) is 4.45. The molecule has 0 aromatic rings. The van der Waals surface area contributed by atoms with Gasteiger partial charge in [0.15, 0.2) is 0 Å². The lowest BCUT2D eigenvalue weighted by Crippen LogP contribution is -2.33. The highest BCUT2D eigenvalue weighted by atomic mass is 14.9. The zero-order valence-electron chi connectivity index (χ0n) is 9.05.